The van der Waals surface area contributed by atoms with Crippen LogP contribution in [-0.2, 0) is 11.2 Å². The first-order valence-corrected chi connectivity index (χ1v) is 13.2. The van der Waals surface area contributed by atoms with Crippen LogP contribution in [0.4, 0.5) is 5.13 Å². The third kappa shape index (κ3) is 6.60. The van der Waals surface area contributed by atoms with Crippen molar-refractivity contribution in [3.63, 3.8) is 0 Å². The summed E-state index contributed by atoms with van der Waals surface area (Å²) in [6.07, 6.45) is 4.53. The average molecular weight is 509 g/mol. The summed E-state index contributed by atoms with van der Waals surface area (Å²) in [6.45, 7) is 6.85. The first-order valence-electron chi connectivity index (χ1n) is 12.3. The first-order chi connectivity index (χ1) is 17.4. The molecule has 1 aromatic heterocycles. The average Bonchev–Trinajstić information content (AvgIpc) is 3.52. The van der Waals surface area contributed by atoms with Crippen LogP contribution in [0.25, 0.3) is 10.6 Å². The number of hydrogen-bond acceptors (Lipinski definition) is 7. The van der Waals surface area contributed by atoms with Gasteiger partial charge in [0.15, 0.2) is 11.5 Å². The fraction of sp³-hybridized carbons (Fsp3) is 0.407. The number of carbonyl (C=O) groups is 2. The zero-order chi connectivity index (χ0) is 25.5. The monoisotopic (exact) mass is 508 g/mol. The van der Waals surface area contributed by atoms with E-state index in [1.807, 2.05) is 56.3 Å². The van der Waals surface area contributed by atoms with Crippen molar-refractivity contribution >= 4 is 28.3 Å². The van der Waals surface area contributed by atoms with Crippen LogP contribution in [0, 0.1) is 5.92 Å². The van der Waals surface area contributed by atoms with E-state index in [9.17, 15) is 9.59 Å². The Morgan fingerprint density at radius 1 is 1.06 bits per heavy atom. The fourth-order valence-electron chi connectivity index (χ4n) is 3.99. The topological polar surface area (TPSA) is 93.7 Å². The van der Waals surface area contributed by atoms with Gasteiger partial charge in [-0.25, -0.2) is 0 Å². The van der Waals surface area contributed by atoms with Gasteiger partial charge in [-0.1, -0.05) is 57.1 Å². The molecular weight excluding hydrogens is 476 g/mol. The Kier molecular flexibility index (Phi) is 8.53. The molecule has 9 heteroatoms. The Hall–Kier alpha value is -3.46. The third-order valence-corrected chi connectivity index (χ3v) is 6.66. The SMILES string of the molecule is CCCCCc1ccc(C(=O)N(CC(=O)Nc2nnc(-c3ccc4c(c3)OCO4)s2)CC(C)C)cc1. The molecule has 2 aromatic carbocycles. The minimum atomic E-state index is -0.312. The minimum Gasteiger partial charge on any atom is -0.454 e. The molecule has 0 fully saturated rings. The molecule has 2 amide bonds. The molecule has 1 aliphatic heterocycles. The van der Waals surface area contributed by atoms with Crippen molar-refractivity contribution in [1.29, 1.82) is 0 Å². The molecule has 190 valence electrons. The Morgan fingerprint density at radius 3 is 2.58 bits per heavy atom. The van der Waals surface area contributed by atoms with Crippen LogP contribution in [0.5, 0.6) is 11.5 Å². The van der Waals surface area contributed by atoms with Crippen molar-refractivity contribution in [2.24, 2.45) is 5.92 Å². The number of ether oxygens (including phenoxy) is 2. The normalized spacial score (nSPS) is 12.1. The van der Waals surface area contributed by atoms with Crippen molar-refractivity contribution < 1.29 is 19.1 Å². The maximum Gasteiger partial charge on any atom is 0.254 e. The van der Waals surface area contributed by atoms with Gasteiger partial charge in [0, 0.05) is 17.7 Å². The van der Waals surface area contributed by atoms with Crippen LogP contribution < -0.4 is 14.8 Å². The molecule has 0 aliphatic carbocycles. The Labute approximate surface area is 215 Å². The number of anilines is 1. The molecule has 4 rings (SSSR count). The molecule has 36 heavy (non-hydrogen) atoms. The lowest BCUT2D eigenvalue weighted by Crippen LogP contribution is -2.40. The number of nitrogens with one attached hydrogen (secondary N) is 1. The van der Waals surface area contributed by atoms with E-state index in [0.29, 0.717) is 33.7 Å². The summed E-state index contributed by atoms with van der Waals surface area (Å²) >= 11 is 1.26. The van der Waals surface area contributed by atoms with E-state index in [1.54, 1.807) is 4.90 Å². The first kappa shape index (κ1) is 25.6. The molecule has 0 atom stereocenters. The van der Waals surface area contributed by atoms with Gasteiger partial charge in [-0.3, -0.25) is 14.9 Å². The zero-order valence-electron chi connectivity index (χ0n) is 21.0. The van der Waals surface area contributed by atoms with Crippen molar-refractivity contribution in [2.45, 2.75) is 46.5 Å². The molecule has 1 N–H and O–H groups in total. The highest BCUT2D eigenvalue weighted by Crippen LogP contribution is 2.37. The van der Waals surface area contributed by atoms with Crippen molar-refractivity contribution in [3.05, 3.63) is 53.6 Å². The Bertz CT molecular complexity index is 1190. The Morgan fingerprint density at radius 2 is 1.83 bits per heavy atom. The standard InChI is InChI=1S/C27H32N4O4S/c1-4-5-6-7-19-8-10-20(11-9-19)26(33)31(15-18(2)3)16-24(32)28-27-30-29-25(36-27)21-12-13-22-23(14-21)35-17-34-22/h8-14,18H,4-7,15-17H2,1-3H3,(H,28,30,32). The van der Waals surface area contributed by atoms with Gasteiger partial charge in [0.25, 0.3) is 5.91 Å². The van der Waals surface area contributed by atoms with Gasteiger partial charge >= 0.3 is 0 Å². The summed E-state index contributed by atoms with van der Waals surface area (Å²) in [4.78, 5) is 27.6. The van der Waals surface area contributed by atoms with Gasteiger partial charge in [-0.2, -0.15) is 0 Å². The summed E-state index contributed by atoms with van der Waals surface area (Å²) in [5.74, 6) is 1.10. The molecule has 8 nitrogen and oxygen atoms in total. The second-order valence-electron chi connectivity index (χ2n) is 9.26. The van der Waals surface area contributed by atoms with Crippen molar-refractivity contribution in [2.75, 3.05) is 25.2 Å². The molecule has 1 aliphatic rings. The number of carbonyl (C=O) groups excluding carboxylic acids is 2. The molecule has 0 unspecified atom stereocenters. The highest BCUT2D eigenvalue weighted by Gasteiger charge is 2.21. The van der Waals surface area contributed by atoms with Gasteiger partial charge in [0.1, 0.15) is 11.6 Å². The zero-order valence-corrected chi connectivity index (χ0v) is 21.8. The molecule has 0 spiro atoms. The van der Waals surface area contributed by atoms with Gasteiger partial charge in [0.05, 0.1) is 0 Å². The Balaban J connectivity index is 1.38. The van der Waals surface area contributed by atoms with E-state index in [0.717, 1.165) is 18.4 Å². The maximum atomic E-state index is 13.2. The van der Waals surface area contributed by atoms with E-state index in [2.05, 4.69) is 22.4 Å². The number of nitrogens with zero attached hydrogens (tertiary/aromatic N) is 3. The minimum absolute atomic E-state index is 0.0613. The van der Waals surface area contributed by atoms with E-state index in [4.69, 9.17) is 9.47 Å². The van der Waals surface area contributed by atoms with Crippen molar-refractivity contribution in [3.8, 4) is 22.1 Å². The summed E-state index contributed by atoms with van der Waals surface area (Å²) in [6, 6.07) is 13.3. The molecular formula is C27H32N4O4S. The van der Waals surface area contributed by atoms with Gasteiger partial charge in [0.2, 0.25) is 17.8 Å². The smallest absolute Gasteiger partial charge is 0.254 e. The molecule has 2 heterocycles. The summed E-state index contributed by atoms with van der Waals surface area (Å²) in [7, 11) is 0. The van der Waals surface area contributed by atoms with Crippen LogP contribution >= 0.6 is 11.3 Å². The lowest BCUT2D eigenvalue weighted by molar-refractivity contribution is -0.117. The summed E-state index contributed by atoms with van der Waals surface area (Å²) in [5, 5.41) is 12.1. The number of hydrogen-bond donors (Lipinski definition) is 1. The molecule has 3 aromatic rings. The number of unbranched alkanes of at least 4 members (excludes halogenated alkanes) is 2. The predicted molar refractivity (Wildman–Crippen MR) is 141 cm³/mol. The summed E-state index contributed by atoms with van der Waals surface area (Å²) in [5.41, 5.74) is 2.64. The molecule has 0 radical (unpaired) electrons. The number of rotatable bonds is 11. The van der Waals surface area contributed by atoms with Crippen LogP contribution in [0.2, 0.25) is 0 Å². The number of amides is 2. The molecule has 0 saturated heterocycles. The number of aryl methyl sites for hydroxylation is 1. The number of fused-ring (bicyclic) bond motifs is 1. The van der Waals surface area contributed by atoms with Gasteiger partial charge in [-0.15, -0.1) is 10.2 Å². The predicted octanol–water partition coefficient (Wildman–Crippen LogP) is 5.40. The van der Waals surface area contributed by atoms with E-state index >= 15 is 0 Å². The van der Waals surface area contributed by atoms with Crippen LogP contribution in [-0.4, -0.2) is 46.8 Å². The van der Waals surface area contributed by atoms with Crippen LogP contribution in [0.1, 0.15) is 56.0 Å². The highest BCUT2D eigenvalue weighted by atomic mass is 32.1. The largest absolute Gasteiger partial charge is 0.454 e. The quantitative estimate of drug-likeness (QED) is 0.349. The van der Waals surface area contributed by atoms with Crippen LogP contribution in [0.3, 0.4) is 0 Å². The third-order valence-electron chi connectivity index (χ3n) is 5.77. The van der Waals surface area contributed by atoms with Gasteiger partial charge in [-0.05, 0) is 54.7 Å². The molecule has 0 bridgehead atoms. The number of benzene rings is 2. The van der Waals surface area contributed by atoms with Crippen LogP contribution in [0.15, 0.2) is 42.5 Å². The molecule has 0 saturated carbocycles. The van der Waals surface area contributed by atoms with Gasteiger partial charge < -0.3 is 14.4 Å². The van der Waals surface area contributed by atoms with E-state index < -0.39 is 0 Å². The van der Waals surface area contributed by atoms with Crippen molar-refractivity contribution in [1.82, 2.24) is 15.1 Å². The number of aromatic nitrogens is 2. The van der Waals surface area contributed by atoms with E-state index in [-0.39, 0.29) is 31.1 Å². The maximum absolute atomic E-state index is 13.2. The highest BCUT2D eigenvalue weighted by molar-refractivity contribution is 7.18. The fourth-order valence-corrected chi connectivity index (χ4v) is 4.74. The second-order valence-corrected chi connectivity index (χ2v) is 10.2. The lowest BCUT2D eigenvalue weighted by Gasteiger charge is -2.24. The summed E-state index contributed by atoms with van der Waals surface area (Å²) < 4.78 is 10.8. The lowest BCUT2D eigenvalue weighted by atomic mass is 10.0. The second kappa shape index (κ2) is 12.0. The van der Waals surface area contributed by atoms with E-state index in [1.165, 1.54) is 29.7 Å².